The molecule has 4 nitrogen and oxygen atoms in total. The Morgan fingerprint density at radius 3 is 2.75 bits per heavy atom. The third-order valence-electron chi connectivity index (χ3n) is 4.22. The Bertz CT molecular complexity index is 856. The molecule has 0 aromatic heterocycles. The summed E-state index contributed by atoms with van der Waals surface area (Å²) in [6.45, 7) is 1.55. The number of hydrogen-bond acceptors (Lipinski definition) is 3. The van der Waals surface area contributed by atoms with Crippen molar-refractivity contribution in [2.45, 2.75) is 37.1 Å². The van der Waals surface area contributed by atoms with E-state index in [0.29, 0.717) is 17.7 Å². The van der Waals surface area contributed by atoms with E-state index in [1.54, 1.807) is 25.1 Å². The number of halogens is 2. The van der Waals surface area contributed by atoms with E-state index in [2.05, 4.69) is 4.72 Å². The van der Waals surface area contributed by atoms with Crippen molar-refractivity contribution in [1.29, 1.82) is 0 Å². The maximum absolute atomic E-state index is 14.2. The molecule has 2 aromatic carbocycles. The Morgan fingerprint density at radius 2 is 2.00 bits per heavy atom. The number of rotatable bonds is 3. The highest BCUT2D eigenvalue weighted by Crippen LogP contribution is 2.32. The number of fused-ring (bicyclic) bond motifs is 1. The first-order chi connectivity index (χ1) is 10.9. The molecule has 130 valence electrons. The zero-order chi connectivity index (χ0) is 16.6. The van der Waals surface area contributed by atoms with Gasteiger partial charge in [0.1, 0.15) is 10.7 Å². The minimum Gasteiger partial charge on any atom is -0.399 e. The van der Waals surface area contributed by atoms with Crippen LogP contribution in [0.1, 0.15) is 35.6 Å². The zero-order valence-electron chi connectivity index (χ0n) is 13.3. The van der Waals surface area contributed by atoms with E-state index >= 15 is 0 Å². The number of anilines is 1. The number of aryl methyl sites for hydroxylation is 2. The Morgan fingerprint density at radius 1 is 1.25 bits per heavy atom. The van der Waals surface area contributed by atoms with Crippen molar-refractivity contribution in [1.82, 2.24) is 4.72 Å². The molecule has 0 aliphatic heterocycles. The Labute approximate surface area is 147 Å². The van der Waals surface area contributed by atoms with Crippen molar-refractivity contribution in [3.63, 3.8) is 0 Å². The van der Waals surface area contributed by atoms with E-state index in [1.165, 1.54) is 6.07 Å². The molecule has 1 aliphatic carbocycles. The lowest BCUT2D eigenvalue weighted by atomic mass is 9.88. The Balaban J connectivity index is 0.00000208. The summed E-state index contributed by atoms with van der Waals surface area (Å²) in [4.78, 5) is -0.305. The van der Waals surface area contributed by atoms with Gasteiger partial charge < -0.3 is 5.73 Å². The molecule has 0 amide bonds. The van der Waals surface area contributed by atoms with E-state index in [1.807, 2.05) is 12.1 Å². The monoisotopic (exact) mass is 370 g/mol. The van der Waals surface area contributed by atoms with Gasteiger partial charge >= 0.3 is 0 Å². The summed E-state index contributed by atoms with van der Waals surface area (Å²) in [6.07, 6.45) is 2.42. The fourth-order valence-electron chi connectivity index (χ4n) is 3.04. The number of nitrogens with two attached hydrogens (primary N) is 1. The molecule has 3 rings (SSSR count). The van der Waals surface area contributed by atoms with Crippen LogP contribution >= 0.6 is 12.4 Å². The smallest absolute Gasteiger partial charge is 0.244 e. The van der Waals surface area contributed by atoms with Gasteiger partial charge in [-0.15, -0.1) is 12.4 Å². The molecule has 24 heavy (non-hydrogen) atoms. The van der Waals surface area contributed by atoms with Crippen LogP contribution in [-0.2, 0) is 16.4 Å². The van der Waals surface area contributed by atoms with Gasteiger partial charge in [-0.1, -0.05) is 18.2 Å². The second kappa shape index (κ2) is 7.09. The summed E-state index contributed by atoms with van der Waals surface area (Å²) in [5.74, 6) is -0.701. The molecule has 1 atom stereocenters. The van der Waals surface area contributed by atoms with Crippen LogP contribution in [0.4, 0.5) is 10.1 Å². The minimum absolute atomic E-state index is 0. The molecular weight excluding hydrogens is 351 g/mol. The first-order valence-corrected chi connectivity index (χ1v) is 9.02. The minimum atomic E-state index is -3.92. The average Bonchev–Trinajstić information content (AvgIpc) is 2.49. The summed E-state index contributed by atoms with van der Waals surface area (Å²) in [5, 5.41) is 0. The lowest BCUT2D eigenvalue weighted by Crippen LogP contribution is -2.31. The van der Waals surface area contributed by atoms with Crippen LogP contribution < -0.4 is 10.5 Å². The molecule has 3 N–H and O–H groups in total. The van der Waals surface area contributed by atoms with E-state index in [4.69, 9.17) is 5.73 Å². The molecule has 2 aromatic rings. The molecular formula is C17H20ClFN2O2S. The summed E-state index contributed by atoms with van der Waals surface area (Å²) in [5.41, 5.74) is 8.74. The highest BCUT2D eigenvalue weighted by Gasteiger charge is 2.27. The maximum Gasteiger partial charge on any atom is 0.244 e. The fraction of sp³-hybridized carbons (Fsp3) is 0.294. The predicted molar refractivity (Wildman–Crippen MR) is 95.2 cm³/mol. The fourth-order valence-corrected chi connectivity index (χ4v) is 4.44. The van der Waals surface area contributed by atoms with Crippen molar-refractivity contribution < 1.29 is 12.8 Å². The number of sulfonamides is 1. The molecule has 0 radical (unpaired) electrons. The number of hydrogen-bond donors (Lipinski definition) is 2. The van der Waals surface area contributed by atoms with Crippen LogP contribution in [-0.4, -0.2) is 8.42 Å². The van der Waals surface area contributed by atoms with Gasteiger partial charge in [0.2, 0.25) is 10.0 Å². The van der Waals surface area contributed by atoms with E-state index in [0.717, 1.165) is 24.0 Å². The van der Waals surface area contributed by atoms with Gasteiger partial charge in [-0.05, 0) is 61.1 Å². The molecule has 0 bridgehead atoms. The van der Waals surface area contributed by atoms with Crippen LogP contribution in [0.25, 0.3) is 0 Å². The molecule has 0 fully saturated rings. The molecule has 1 aliphatic rings. The van der Waals surface area contributed by atoms with Crippen LogP contribution in [0.15, 0.2) is 41.3 Å². The quantitative estimate of drug-likeness (QED) is 0.812. The average molecular weight is 371 g/mol. The SMILES string of the molecule is Cc1cccc(S(=O)(=O)NC2CCCc3cc(N)ccc32)c1F.Cl. The summed E-state index contributed by atoms with van der Waals surface area (Å²) in [7, 11) is -3.92. The summed E-state index contributed by atoms with van der Waals surface area (Å²) in [6, 6.07) is 9.52. The largest absolute Gasteiger partial charge is 0.399 e. The van der Waals surface area contributed by atoms with Gasteiger partial charge in [0.15, 0.2) is 0 Å². The Kier molecular flexibility index (Phi) is 5.52. The standard InChI is InChI=1S/C17H19FN2O2S.ClH/c1-11-4-2-7-16(17(11)18)23(21,22)20-15-6-3-5-12-10-13(19)8-9-14(12)15;/h2,4,7-10,15,20H,3,5-6,19H2,1H3;1H. The van der Waals surface area contributed by atoms with Crippen LogP contribution in [0.3, 0.4) is 0 Å². The number of nitrogens with one attached hydrogen (secondary N) is 1. The lowest BCUT2D eigenvalue weighted by molar-refractivity contribution is 0.501. The van der Waals surface area contributed by atoms with Gasteiger partial charge in [0.25, 0.3) is 0 Å². The Hall–Kier alpha value is -1.63. The van der Waals surface area contributed by atoms with Crippen molar-refractivity contribution in [3.05, 3.63) is 58.9 Å². The summed E-state index contributed by atoms with van der Waals surface area (Å²) >= 11 is 0. The molecule has 0 saturated carbocycles. The number of benzene rings is 2. The van der Waals surface area contributed by atoms with Gasteiger partial charge in [-0.3, -0.25) is 0 Å². The van der Waals surface area contributed by atoms with Crippen molar-refractivity contribution in [2.75, 3.05) is 5.73 Å². The van der Waals surface area contributed by atoms with Crippen LogP contribution in [0.5, 0.6) is 0 Å². The highest BCUT2D eigenvalue weighted by molar-refractivity contribution is 7.89. The van der Waals surface area contributed by atoms with Crippen molar-refractivity contribution in [3.8, 4) is 0 Å². The normalized spacial score (nSPS) is 17.0. The van der Waals surface area contributed by atoms with Crippen LogP contribution in [0.2, 0.25) is 0 Å². The second-order valence-corrected chi connectivity index (χ2v) is 7.59. The van der Waals surface area contributed by atoms with Crippen molar-refractivity contribution in [2.24, 2.45) is 0 Å². The first kappa shape index (κ1) is 18.7. The van der Waals surface area contributed by atoms with Gasteiger partial charge in [-0.25, -0.2) is 17.5 Å². The third-order valence-corrected chi connectivity index (χ3v) is 5.71. The summed E-state index contributed by atoms with van der Waals surface area (Å²) < 4.78 is 42.0. The second-order valence-electron chi connectivity index (χ2n) is 5.91. The van der Waals surface area contributed by atoms with Gasteiger partial charge in [0, 0.05) is 11.7 Å². The topological polar surface area (TPSA) is 72.2 Å². The zero-order valence-corrected chi connectivity index (χ0v) is 14.9. The maximum atomic E-state index is 14.2. The van der Waals surface area contributed by atoms with E-state index in [-0.39, 0.29) is 23.3 Å². The van der Waals surface area contributed by atoms with Gasteiger partial charge in [-0.2, -0.15) is 0 Å². The van der Waals surface area contributed by atoms with Crippen LogP contribution in [0, 0.1) is 12.7 Å². The van der Waals surface area contributed by atoms with E-state index in [9.17, 15) is 12.8 Å². The molecule has 0 heterocycles. The molecule has 7 heteroatoms. The predicted octanol–water partition coefficient (Wildman–Crippen LogP) is 3.49. The third kappa shape index (κ3) is 3.55. The molecule has 0 saturated heterocycles. The van der Waals surface area contributed by atoms with Gasteiger partial charge in [0.05, 0.1) is 0 Å². The lowest BCUT2D eigenvalue weighted by Gasteiger charge is -2.26. The highest BCUT2D eigenvalue weighted by atomic mass is 35.5. The number of nitrogen functional groups attached to an aromatic ring is 1. The molecule has 0 spiro atoms. The van der Waals surface area contributed by atoms with Crippen molar-refractivity contribution >= 4 is 28.1 Å². The molecule has 1 unspecified atom stereocenters. The van der Waals surface area contributed by atoms with E-state index < -0.39 is 15.8 Å². The first-order valence-electron chi connectivity index (χ1n) is 7.54.